The van der Waals surface area contributed by atoms with Crippen molar-refractivity contribution in [1.82, 2.24) is 0 Å². The van der Waals surface area contributed by atoms with Gasteiger partial charge >= 0.3 is 19.8 Å². The van der Waals surface area contributed by atoms with E-state index >= 15 is 0 Å². The van der Waals surface area contributed by atoms with Crippen molar-refractivity contribution in [3.8, 4) is 0 Å². The fraction of sp³-hybridized carbons (Fsp3) is 0.920. The number of carbonyl (C=O) groups is 2. The van der Waals surface area contributed by atoms with Gasteiger partial charge in [0.05, 0.1) is 13.2 Å². The Morgan fingerprint density at radius 1 is 0.580 bits per heavy atom. The van der Waals surface area contributed by atoms with Gasteiger partial charge in [0, 0.05) is 12.8 Å². The number of phosphoric acid groups is 1. The number of unbranched alkanes of at least 4 members (excludes halogenated alkanes) is 19. The Morgan fingerprint density at radius 3 is 1.59 bits per heavy atom. The molecule has 1 heterocycles. The van der Waals surface area contributed by atoms with Crippen LogP contribution in [0.3, 0.4) is 0 Å². The molecule has 19 heteroatoms. The first-order chi connectivity index (χ1) is 33.1. The van der Waals surface area contributed by atoms with Crippen molar-refractivity contribution in [1.29, 1.82) is 0 Å². The van der Waals surface area contributed by atoms with Crippen LogP contribution in [-0.4, -0.2) is 151 Å². The molecule has 1 aliphatic carbocycles. The third kappa shape index (κ3) is 26.3. The molecule has 0 aromatic carbocycles. The molecule has 0 aromatic heterocycles. The van der Waals surface area contributed by atoms with E-state index in [2.05, 4.69) is 32.9 Å². The Bertz CT molecular complexity index is 1410. The molecule has 2 fully saturated rings. The minimum Gasteiger partial charge on any atom is -0.462 e. The van der Waals surface area contributed by atoms with E-state index < -0.39 is 113 Å². The predicted octanol–water partition coefficient (Wildman–Crippen LogP) is 6.35. The van der Waals surface area contributed by atoms with E-state index in [1.807, 2.05) is 0 Å². The highest BCUT2D eigenvalue weighted by Gasteiger charge is 2.55. The smallest absolute Gasteiger partial charge is 0.462 e. The molecule has 18 nitrogen and oxygen atoms in total. The summed E-state index contributed by atoms with van der Waals surface area (Å²) in [6, 6.07) is 0. The molecule has 0 spiro atoms. The number of aliphatic hydroxyl groups excluding tert-OH is 8. The maximum absolute atomic E-state index is 13.4. The normalized spacial score (nSPS) is 28.1. The third-order valence-electron chi connectivity index (χ3n) is 13.1. The lowest BCUT2D eigenvalue weighted by Gasteiger charge is -2.47. The number of ether oxygens (including phenoxy) is 4. The van der Waals surface area contributed by atoms with E-state index in [1.54, 1.807) is 0 Å². The van der Waals surface area contributed by atoms with Gasteiger partial charge in [0.1, 0.15) is 67.6 Å². The first-order valence-electron chi connectivity index (χ1n) is 26.4. The number of phosphoric ester groups is 1. The standard InChI is InChI=1S/C50H93O18P/c1-4-6-8-10-12-13-14-15-16-17-18-24-28-32-40(53)65-37(34-63-39(52)31-27-23-20-19-22-26-30-36(3)29-25-21-11-9-7-5-2)35-64-69(61,62)68-49-46(59)44(57)43(56)45(58)48(49)67-50-47(60)42(55)41(54)38(33-51)66-50/h15-16,36-38,41-51,54-60H,4-14,17-35H2,1-3H3,(H,61,62)/b16-15-. The summed E-state index contributed by atoms with van der Waals surface area (Å²) in [5.41, 5.74) is 0. The minimum absolute atomic E-state index is 0.0145. The zero-order chi connectivity index (χ0) is 51.0. The monoisotopic (exact) mass is 1010 g/mol. The van der Waals surface area contributed by atoms with E-state index in [1.165, 1.54) is 96.3 Å². The lowest BCUT2D eigenvalue weighted by molar-refractivity contribution is -0.338. The molecule has 2 aliphatic rings. The highest BCUT2D eigenvalue weighted by atomic mass is 31.2. The number of aliphatic hydroxyl groups is 8. The summed E-state index contributed by atoms with van der Waals surface area (Å²) in [5, 5.41) is 83.0. The van der Waals surface area contributed by atoms with Crippen molar-refractivity contribution in [2.75, 3.05) is 19.8 Å². The molecule has 1 saturated carbocycles. The Balaban J connectivity index is 1.95. The van der Waals surface area contributed by atoms with Crippen molar-refractivity contribution in [3.63, 3.8) is 0 Å². The Labute approximate surface area is 412 Å². The minimum atomic E-state index is -5.38. The van der Waals surface area contributed by atoms with Gasteiger partial charge in [-0.1, -0.05) is 155 Å². The first kappa shape index (κ1) is 63.5. The van der Waals surface area contributed by atoms with Crippen molar-refractivity contribution in [2.24, 2.45) is 5.92 Å². The van der Waals surface area contributed by atoms with E-state index in [0.717, 1.165) is 57.3 Å². The maximum atomic E-state index is 13.4. The summed E-state index contributed by atoms with van der Waals surface area (Å²) in [6.07, 6.45) is 8.69. The second-order valence-corrected chi connectivity index (χ2v) is 20.7. The molecule has 14 unspecified atom stereocenters. The van der Waals surface area contributed by atoms with Crippen LogP contribution in [0.4, 0.5) is 0 Å². The second-order valence-electron chi connectivity index (χ2n) is 19.3. The van der Waals surface area contributed by atoms with Gasteiger partial charge in [0.2, 0.25) is 0 Å². The van der Waals surface area contributed by atoms with Gasteiger partial charge in [0.15, 0.2) is 12.4 Å². The third-order valence-corrected chi connectivity index (χ3v) is 14.1. The highest BCUT2D eigenvalue weighted by Crippen LogP contribution is 2.48. The van der Waals surface area contributed by atoms with Crippen LogP contribution < -0.4 is 0 Å². The van der Waals surface area contributed by atoms with Gasteiger partial charge in [-0.3, -0.25) is 18.6 Å². The van der Waals surface area contributed by atoms with Crippen molar-refractivity contribution in [2.45, 2.75) is 268 Å². The number of hydrogen-bond acceptors (Lipinski definition) is 17. The molecule has 406 valence electrons. The summed E-state index contributed by atoms with van der Waals surface area (Å²) < 4.78 is 45.5. The van der Waals surface area contributed by atoms with E-state index in [-0.39, 0.29) is 12.8 Å². The number of rotatable bonds is 40. The average molecular weight is 1010 g/mol. The van der Waals surface area contributed by atoms with Crippen LogP contribution in [0, 0.1) is 5.92 Å². The van der Waals surface area contributed by atoms with Gasteiger partial charge in [-0.15, -0.1) is 0 Å². The maximum Gasteiger partial charge on any atom is 0.472 e. The number of hydrogen-bond donors (Lipinski definition) is 9. The second kappa shape index (κ2) is 37.2. The fourth-order valence-electron chi connectivity index (χ4n) is 8.65. The fourth-order valence-corrected chi connectivity index (χ4v) is 9.62. The molecule has 0 radical (unpaired) electrons. The lowest BCUT2D eigenvalue weighted by Crippen LogP contribution is -2.67. The lowest BCUT2D eigenvalue weighted by atomic mass is 9.84. The van der Waals surface area contributed by atoms with Crippen molar-refractivity contribution in [3.05, 3.63) is 12.2 Å². The largest absolute Gasteiger partial charge is 0.472 e. The summed E-state index contributed by atoms with van der Waals surface area (Å²) in [5.74, 6) is -0.497. The summed E-state index contributed by atoms with van der Waals surface area (Å²) in [7, 11) is -5.38. The Morgan fingerprint density at radius 2 is 1.04 bits per heavy atom. The van der Waals surface area contributed by atoms with Crippen molar-refractivity contribution >= 4 is 19.8 Å². The van der Waals surface area contributed by atoms with Crippen LogP contribution in [0.15, 0.2) is 12.2 Å². The molecule has 1 saturated heterocycles. The van der Waals surface area contributed by atoms with E-state index in [4.69, 9.17) is 28.0 Å². The van der Waals surface area contributed by atoms with Gasteiger partial charge in [-0.05, 0) is 44.4 Å². The zero-order valence-electron chi connectivity index (χ0n) is 42.0. The van der Waals surface area contributed by atoms with Crippen LogP contribution in [0.2, 0.25) is 0 Å². The molecular formula is C50H93O18P. The Kier molecular flexibility index (Phi) is 34.2. The molecule has 69 heavy (non-hydrogen) atoms. The zero-order valence-corrected chi connectivity index (χ0v) is 42.9. The van der Waals surface area contributed by atoms with Gasteiger partial charge < -0.3 is 64.7 Å². The van der Waals surface area contributed by atoms with Crippen molar-refractivity contribution < 1.29 is 87.9 Å². The molecule has 2 rings (SSSR count). The van der Waals surface area contributed by atoms with Crippen LogP contribution in [0.1, 0.15) is 194 Å². The number of carbonyl (C=O) groups excluding carboxylic acids is 2. The average Bonchev–Trinajstić information content (AvgIpc) is 3.32. The summed E-state index contributed by atoms with van der Waals surface area (Å²) in [6.45, 7) is 4.55. The summed E-state index contributed by atoms with van der Waals surface area (Å²) in [4.78, 5) is 36.6. The summed E-state index contributed by atoms with van der Waals surface area (Å²) >= 11 is 0. The van der Waals surface area contributed by atoms with Gasteiger partial charge in [0.25, 0.3) is 0 Å². The molecular weight excluding hydrogens is 920 g/mol. The van der Waals surface area contributed by atoms with Crippen LogP contribution in [-0.2, 0) is 42.1 Å². The number of allylic oxidation sites excluding steroid dienone is 2. The Hall–Kier alpha value is -1.61. The predicted molar refractivity (Wildman–Crippen MR) is 258 cm³/mol. The van der Waals surface area contributed by atoms with Crippen LogP contribution in [0.5, 0.6) is 0 Å². The molecule has 14 atom stereocenters. The first-order valence-corrected chi connectivity index (χ1v) is 27.9. The topological polar surface area (TPSA) is 289 Å². The molecule has 0 aromatic rings. The molecule has 9 N–H and O–H groups in total. The molecule has 0 bridgehead atoms. The van der Waals surface area contributed by atoms with E-state index in [9.17, 15) is 59.9 Å². The van der Waals surface area contributed by atoms with E-state index in [0.29, 0.717) is 12.8 Å². The SMILES string of the molecule is CCCCCCCC/C=C\CCCCCC(=O)OC(COC(=O)CCCCCCCCC(C)CCCCCCCC)COP(=O)(O)OC1C(O)C(O)C(O)C(O)C1OC1OC(CO)C(O)C(O)C1O. The molecule has 0 amide bonds. The van der Waals surface area contributed by atoms with Crippen LogP contribution >= 0.6 is 7.82 Å². The quantitative estimate of drug-likeness (QED) is 0.0140. The highest BCUT2D eigenvalue weighted by molar-refractivity contribution is 7.47. The number of esters is 2. The van der Waals surface area contributed by atoms with Gasteiger partial charge in [-0.2, -0.15) is 0 Å². The van der Waals surface area contributed by atoms with Gasteiger partial charge in [-0.25, -0.2) is 4.57 Å². The molecule has 1 aliphatic heterocycles. The van der Waals surface area contributed by atoms with Crippen LogP contribution in [0.25, 0.3) is 0 Å².